The summed E-state index contributed by atoms with van der Waals surface area (Å²) in [7, 11) is 0. The van der Waals surface area contributed by atoms with Crippen LogP contribution < -0.4 is 10.2 Å². The first kappa shape index (κ1) is 42.7. The molecule has 60 heavy (non-hydrogen) atoms. The van der Waals surface area contributed by atoms with E-state index < -0.39 is 71.0 Å². The summed E-state index contributed by atoms with van der Waals surface area (Å²) in [5, 5.41) is 7.40. The molecule has 3 aromatic heterocycles. The van der Waals surface area contributed by atoms with Gasteiger partial charge in [0.15, 0.2) is 5.82 Å². The lowest BCUT2D eigenvalue weighted by Gasteiger charge is -2.46. The van der Waals surface area contributed by atoms with Crippen LogP contribution in [-0.2, 0) is 28.6 Å². The van der Waals surface area contributed by atoms with Crippen molar-refractivity contribution >= 4 is 73.9 Å². The number of ether oxygens (including phenoxy) is 3. The van der Waals surface area contributed by atoms with Crippen molar-refractivity contribution in [3.05, 3.63) is 41.7 Å². The predicted octanol–water partition coefficient (Wildman–Crippen LogP) is 7.50. The van der Waals surface area contributed by atoms with Gasteiger partial charge in [-0.2, -0.15) is 23.2 Å². The summed E-state index contributed by atoms with van der Waals surface area (Å²) in [4.78, 5) is 81.2. The number of hydrogen-bond donors (Lipinski definition) is 1. The van der Waals surface area contributed by atoms with E-state index in [0.29, 0.717) is 29.0 Å². The Morgan fingerprint density at radius 3 is 2.23 bits per heavy atom. The van der Waals surface area contributed by atoms with Gasteiger partial charge < -0.3 is 29.3 Å². The van der Waals surface area contributed by atoms with Gasteiger partial charge in [0.05, 0.1) is 39.0 Å². The first-order chi connectivity index (χ1) is 28.1. The number of nitrogens with one attached hydrogen (secondary N) is 1. The number of hydrogen-bond acceptors (Lipinski definition) is 12. The molecule has 3 unspecified atom stereocenters. The number of halogens is 3. The summed E-state index contributed by atoms with van der Waals surface area (Å²) in [6.07, 6.45) is -3.19. The van der Waals surface area contributed by atoms with Gasteiger partial charge in [-0.25, -0.2) is 24.2 Å². The smallest absolute Gasteiger partial charge is 0.425 e. The zero-order chi connectivity index (χ0) is 43.5. The Balaban J connectivity index is 1.24. The van der Waals surface area contributed by atoms with Crippen molar-refractivity contribution in [1.29, 1.82) is 0 Å². The van der Waals surface area contributed by atoms with E-state index in [9.17, 15) is 37.1 Å². The topological polar surface area (TPSA) is 178 Å². The molecule has 3 aliphatic rings. The van der Waals surface area contributed by atoms with Crippen molar-refractivity contribution in [3.63, 3.8) is 0 Å². The zero-order valence-corrected chi connectivity index (χ0v) is 35.1. The number of aromatic nitrogens is 4. The molecule has 16 nitrogen and oxygen atoms in total. The van der Waals surface area contributed by atoms with E-state index >= 15 is 0 Å². The number of benzene rings is 1. The maximum Gasteiger partial charge on any atom is 0.425 e. The number of rotatable bonds is 5. The number of alkyl halides is 3. The lowest BCUT2D eigenvalue weighted by Crippen LogP contribution is -2.60. The van der Waals surface area contributed by atoms with Crippen molar-refractivity contribution in [2.45, 2.75) is 116 Å². The highest BCUT2D eigenvalue weighted by molar-refractivity contribution is 7.16. The second-order valence-corrected chi connectivity index (χ2v) is 18.3. The zero-order valence-electron chi connectivity index (χ0n) is 34.3. The first-order valence-corrected chi connectivity index (χ1v) is 20.5. The highest BCUT2D eigenvalue weighted by Gasteiger charge is 2.70. The minimum atomic E-state index is -4.74. The number of imide groups is 1. The van der Waals surface area contributed by atoms with E-state index in [4.69, 9.17) is 14.2 Å². The Kier molecular flexibility index (Phi) is 11.1. The molecule has 1 aromatic carbocycles. The van der Waals surface area contributed by atoms with Crippen LogP contribution in [0.5, 0.6) is 0 Å². The summed E-state index contributed by atoms with van der Waals surface area (Å²) in [6.45, 7) is 11.2. The average molecular weight is 857 g/mol. The fourth-order valence-corrected chi connectivity index (χ4v) is 8.06. The van der Waals surface area contributed by atoms with E-state index in [0.717, 1.165) is 28.6 Å². The van der Waals surface area contributed by atoms with Crippen LogP contribution in [0.15, 0.2) is 36.1 Å². The van der Waals surface area contributed by atoms with Gasteiger partial charge in [0.2, 0.25) is 5.91 Å². The van der Waals surface area contributed by atoms with E-state index in [-0.39, 0.29) is 48.3 Å². The summed E-state index contributed by atoms with van der Waals surface area (Å²) in [5.74, 6) is -3.45. The van der Waals surface area contributed by atoms with Crippen molar-refractivity contribution < 1.29 is 51.4 Å². The molecule has 1 saturated carbocycles. The third-order valence-electron chi connectivity index (χ3n) is 10.5. The van der Waals surface area contributed by atoms with Crippen LogP contribution in [0.4, 0.5) is 34.3 Å². The lowest BCUT2D eigenvalue weighted by atomic mass is 9.96. The Morgan fingerprint density at radius 1 is 0.950 bits per heavy atom. The van der Waals surface area contributed by atoms with Crippen molar-refractivity contribution in [1.82, 2.24) is 29.5 Å². The Bertz CT molecular complexity index is 2310. The third kappa shape index (κ3) is 8.48. The predicted molar refractivity (Wildman–Crippen MR) is 213 cm³/mol. The highest BCUT2D eigenvalue weighted by Crippen LogP contribution is 2.59. The lowest BCUT2D eigenvalue weighted by molar-refractivity contribution is -0.201. The molecule has 1 N–H and O–H groups in total. The summed E-state index contributed by atoms with van der Waals surface area (Å²) >= 11 is 1.38. The summed E-state index contributed by atoms with van der Waals surface area (Å²) in [5.41, 5.74) is -1.86. The van der Waals surface area contributed by atoms with Crippen LogP contribution in [0.25, 0.3) is 21.1 Å². The van der Waals surface area contributed by atoms with Gasteiger partial charge in [-0.15, -0.1) is 11.3 Å². The Labute approximate surface area is 347 Å². The van der Waals surface area contributed by atoms with Crippen molar-refractivity contribution in [3.8, 4) is 0 Å². The molecule has 0 bridgehead atoms. The molecular formula is C40H47F3N8O8S. The number of thiazole rings is 1. The van der Waals surface area contributed by atoms with Crippen LogP contribution in [0.2, 0.25) is 0 Å². The standard InChI is InChI=1S/C40H47F3N8O8S/c1-22-18-49(27(23-11-12-28-25(16-23)45-21-60-28)20-48(22)34(54)39(13-14-39)40(41,42)43)33(53)32(52)46-26-17-44-31(24-19-50(47-30(24)26)29-10-8-9-15-57-29)51(35(55)58-37(2,3)4)36(56)59-38(5,6)7/h11-12,16-17,19,21-22,27,29H,8-10,13-15,18,20H2,1-7H3,(H,46,52). The number of carbonyl (C=O) groups excluding carboxylic acids is 5. The second-order valence-electron chi connectivity index (χ2n) is 17.4. The average Bonchev–Trinajstić information content (AvgIpc) is 3.65. The quantitative estimate of drug-likeness (QED) is 0.197. The maximum atomic E-state index is 14.3. The van der Waals surface area contributed by atoms with E-state index in [2.05, 4.69) is 20.4 Å². The van der Waals surface area contributed by atoms with E-state index in [1.807, 2.05) is 0 Å². The van der Waals surface area contributed by atoms with Gasteiger partial charge in [0.1, 0.15) is 28.4 Å². The maximum absolute atomic E-state index is 14.3. The minimum Gasteiger partial charge on any atom is -0.443 e. The van der Waals surface area contributed by atoms with Crippen molar-refractivity contribution in [2.75, 3.05) is 29.9 Å². The van der Waals surface area contributed by atoms with Gasteiger partial charge in [-0.05, 0) is 98.3 Å². The molecule has 3 fully saturated rings. The Morgan fingerprint density at radius 2 is 1.63 bits per heavy atom. The number of pyridine rings is 1. The molecule has 7 rings (SSSR count). The SMILES string of the molecule is CC1CN(C(=O)C(=O)Nc2cnc(N(C(=O)OC(C)(C)C)C(=O)OC(C)(C)C)c3cn(C4CCCCO4)nc23)C(c2ccc3scnc3c2)CN1C(=O)C1(C(F)(F)F)CC1. The van der Waals surface area contributed by atoms with Gasteiger partial charge in [-0.3, -0.25) is 14.4 Å². The largest absolute Gasteiger partial charge is 0.443 e. The highest BCUT2D eigenvalue weighted by atomic mass is 32.1. The summed E-state index contributed by atoms with van der Waals surface area (Å²) in [6, 6.07) is 3.27. The van der Waals surface area contributed by atoms with Gasteiger partial charge in [0.25, 0.3) is 0 Å². The fourth-order valence-electron chi connectivity index (χ4n) is 7.40. The number of nitrogens with zero attached hydrogens (tertiary/aromatic N) is 7. The second kappa shape index (κ2) is 15.6. The molecule has 4 aromatic rings. The number of amides is 5. The van der Waals surface area contributed by atoms with Crippen molar-refractivity contribution in [2.24, 2.45) is 5.41 Å². The van der Waals surface area contributed by atoms with Gasteiger partial charge in [-0.1, -0.05) is 6.07 Å². The van der Waals surface area contributed by atoms with Crippen LogP contribution in [-0.4, -0.2) is 103 Å². The molecule has 0 radical (unpaired) electrons. The van der Waals surface area contributed by atoms with Gasteiger partial charge >= 0.3 is 30.2 Å². The molecule has 5 amide bonds. The summed E-state index contributed by atoms with van der Waals surface area (Å²) < 4.78 is 61.9. The first-order valence-electron chi connectivity index (χ1n) is 19.7. The van der Waals surface area contributed by atoms with Crippen LogP contribution in [0, 0.1) is 5.41 Å². The van der Waals surface area contributed by atoms with Crippen LogP contribution in [0.3, 0.4) is 0 Å². The molecule has 0 spiro atoms. The molecule has 1 aliphatic carbocycles. The molecule has 3 atom stereocenters. The minimum absolute atomic E-state index is 0.0450. The Hall–Kier alpha value is -5.37. The normalized spacial score (nSPS) is 20.8. The molecular weight excluding hydrogens is 810 g/mol. The van der Waals surface area contributed by atoms with E-state index in [1.165, 1.54) is 34.0 Å². The third-order valence-corrected chi connectivity index (χ3v) is 11.3. The monoisotopic (exact) mass is 856 g/mol. The molecule has 2 aliphatic heterocycles. The van der Waals surface area contributed by atoms with Crippen LogP contribution in [0.1, 0.15) is 98.4 Å². The molecule has 20 heteroatoms. The number of fused-ring (bicyclic) bond motifs is 2. The number of anilines is 2. The molecule has 5 heterocycles. The molecule has 2 saturated heterocycles. The fraction of sp³-hybridized carbons (Fsp3) is 0.550. The van der Waals surface area contributed by atoms with Crippen LogP contribution >= 0.6 is 11.3 Å². The van der Waals surface area contributed by atoms with Gasteiger partial charge in [0, 0.05) is 31.9 Å². The van der Waals surface area contributed by atoms with E-state index in [1.54, 1.807) is 65.3 Å². The number of piperazine rings is 1. The molecule has 322 valence electrons. The number of carbonyl (C=O) groups is 5.